The van der Waals surface area contributed by atoms with Gasteiger partial charge in [0.2, 0.25) is 0 Å². The van der Waals surface area contributed by atoms with E-state index in [1.54, 1.807) is 14.2 Å². The van der Waals surface area contributed by atoms with Gasteiger partial charge in [-0.25, -0.2) is 4.98 Å². The smallest absolute Gasteiger partial charge is 0.161 e. The lowest BCUT2D eigenvalue weighted by Gasteiger charge is -2.13. The highest BCUT2D eigenvalue weighted by atomic mass is 16.5. The molecular weight excluding hydrogens is 278 g/mol. The lowest BCUT2D eigenvalue weighted by Crippen LogP contribution is -2.22. The van der Waals surface area contributed by atoms with Crippen LogP contribution in [0.2, 0.25) is 0 Å². The molecule has 2 aromatic rings. The van der Waals surface area contributed by atoms with Crippen molar-refractivity contribution in [1.82, 2.24) is 10.3 Å². The van der Waals surface area contributed by atoms with Crippen LogP contribution in [0.3, 0.4) is 0 Å². The van der Waals surface area contributed by atoms with E-state index in [0.29, 0.717) is 5.92 Å². The number of hydrogen-bond acceptors (Lipinski definition) is 5. The van der Waals surface area contributed by atoms with Crippen LogP contribution in [0.15, 0.2) is 36.5 Å². The zero-order chi connectivity index (χ0) is 15.4. The second kappa shape index (κ2) is 6.66. The number of methoxy groups -OCH3 is 2. The maximum absolute atomic E-state index is 5.33. The fourth-order valence-corrected chi connectivity index (χ4v) is 2.79. The Labute approximate surface area is 130 Å². The van der Waals surface area contributed by atoms with E-state index >= 15 is 0 Å². The van der Waals surface area contributed by atoms with Crippen LogP contribution < -0.4 is 20.1 Å². The molecule has 0 saturated heterocycles. The fraction of sp³-hybridized carbons (Fsp3) is 0.353. The Hall–Kier alpha value is -2.27. The Kier molecular flexibility index (Phi) is 4.44. The molecule has 0 aliphatic carbocycles. The summed E-state index contributed by atoms with van der Waals surface area (Å²) >= 11 is 0. The number of fused-ring (bicyclic) bond motifs is 1. The topological polar surface area (TPSA) is 55.4 Å². The number of hydrogen-bond donors (Lipinski definition) is 2. The van der Waals surface area contributed by atoms with Crippen LogP contribution in [-0.4, -0.2) is 32.3 Å². The van der Waals surface area contributed by atoms with Crippen molar-refractivity contribution >= 4 is 5.82 Å². The molecule has 1 atom stereocenters. The highest BCUT2D eigenvalue weighted by Gasteiger charge is 2.22. The first kappa shape index (κ1) is 14.7. The molecule has 5 heteroatoms. The number of benzene rings is 1. The van der Waals surface area contributed by atoms with Crippen molar-refractivity contribution in [2.75, 3.05) is 32.6 Å². The molecular formula is C17H21N3O2. The lowest BCUT2D eigenvalue weighted by atomic mass is 10.0. The Bertz CT molecular complexity index is 646. The molecule has 0 radical (unpaired) electrons. The summed E-state index contributed by atoms with van der Waals surface area (Å²) in [7, 11) is 3.30. The van der Waals surface area contributed by atoms with Crippen LogP contribution in [0.5, 0.6) is 11.5 Å². The number of rotatable bonds is 6. The Morgan fingerprint density at radius 3 is 2.91 bits per heavy atom. The summed E-state index contributed by atoms with van der Waals surface area (Å²) in [6, 6.07) is 10.1. The third kappa shape index (κ3) is 2.99. The number of nitrogens with one attached hydrogen (secondary N) is 2. The third-order valence-electron chi connectivity index (χ3n) is 3.96. The van der Waals surface area contributed by atoms with Gasteiger partial charge in [-0.1, -0.05) is 12.1 Å². The van der Waals surface area contributed by atoms with Gasteiger partial charge >= 0.3 is 0 Å². The normalized spacial score (nSPS) is 16.0. The van der Waals surface area contributed by atoms with Crippen molar-refractivity contribution in [1.29, 1.82) is 0 Å². The summed E-state index contributed by atoms with van der Waals surface area (Å²) in [5.41, 5.74) is 2.47. The van der Waals surface area contributed by atoms with Crippen molar-refractivity contribution < 1.29 is 9.47 Å². The van der Waals surface area contributed by atoms with E-state index in [9.17, 15) is 0 Å². The zero-order valence-corrected chi connectivity index (χ0v) is 12.9. The van der Waals surface area contributed by atoms with Crippen LogP contribution >= 0.6 is 0 Å². The molecule has 22 heavy (non-hydrogen) atoms. The van der Waals surface area contributed by atoms with Crippen LogP contribution in [-0.2, 0) is 6.54 Å². The predicted molar refractivity (Wildman–Crippen MR) is 86.7 cm³/mol. The monoisotopic (exact) mass is 299 g/mol. The van der Waals surface area contributed by atoms with Crippen LogP contribution in [0.4, 0.5) is 5.82 Å². The van der Waals surface area contributed by atoms with E-state index in [1.165, 1.54) is 11.1 Å². The Morgan fingerprint density at radius 1 is 1.23 bits per heavy atom. The molecule has 5 nitrogen and oxygen atoms in total. The van der Waals surface area contributed by atoms with Gasteiger partial charge in [0.15, 0.2) is 11.5 Å². The number of pyridine rings is 1. The first-order valence-electron chi connectivity index (χ1n) is 7.42. The molecule has 1 unspecified atom stereocenters. The van der Waals surface area contributed by atoms with E-state index in [0.717, 1.165) is 37.0 Å². The van der Waals surface area contributed by atoms with Gasteiger partial charge in [0, 0.05) is 37.3 Å². The largest absolute Gasteiger partial charge is 0.493 e. The average Bonchev–Trinajstić information content (AvgIpc) is 2.98. The minimum atomic E-state index is 0.462. The molecule has 1 aliphatic heterocycles. The summed E-state index contributed by atoms with van der Waals surface area (Å²) < 4.78 is 10.6. The number of aromatic nitrogens is 1. The van der Waals surface area contributed by atoms with Gasteiger partial charge in [-0.2, -0.15) is 0 Å². The highest BCUT2D eigenvalue weighted by molar-refractivity contribution is 5.51. The molecule has 0 bridgehead atoms. The van der Waals surface area contributed by atoms with Gasteiger partial charge in [0.25, 0.3) is 0 Å². The third-order valence-corrected chi connectivity index (χ3v) is 3.96. The van der Waals surface area contributed by atoms with Crippen LogP contribution in [0.25, 0.3) is 0 Å². The highest BCUT2D eigenvalue weighted by Crippen LogP contribution is 2.29. The molecule has 116 valence electrons. The van der Waals surface area contributed by atoms with E-state index in [4.69, 9.17) is 9.47 Å². The number of ether oxygens (including phenoxy) is 2. The van der Waals surface area contributed by atoms with Crippen molar-refractivity contribution in [2.45, 2.75) is 12.5 Å². The van der Waals surface area contributed by atoms with Gasteiger partial charge in [0.1, 0.15) is 5.82 Å². The standard InChI is InChI=1S/C17H21N3O2/c1-21-15-6-5-12(8-16(15)22-2)9-18-10-13-11-20-17-14(13)4-3-7-19-17/h3-8,13,18H,9-11H2,1-2H3,(H,19,20). The van der Waals surface area contributed by atoms with E-state index in [2.05, 4.69) is 27.8 Å². The molecule has 1 aromatic carbocycles. The maximum atomic E-state index is 5.33. The molecule has 2 heterocycles. The van der Waals surface area contributed by atoms with Crippen LogP contribution in [0, 0.1) is 0 Å². The minimum Gasteiger partial charge on any atom is -0.493 e. The molecule has 0 amide bonds. The molecule has 2 N–H and O–H groups in total. The first-order chi connectivity index (χ1) is 10.8. The lowest BCUT2D eigenvalue weighted by molar-refractivity contribution is 0.354. The quantitative estimate of drug-likeness (QED) is 0.858. The molecule has 1 aliphatic rings. The molecule has 0 saturated carbocycles. The van der Waals surface area contributed by atoms with Gasteiger partial charge in [-0.05, 0) is 23.8 Å². The molecule has 1 aromatic heterocycles. The maximum Gasteiger partial charge on any atom is 0.161 e. The SMILES string of the molecule is COc1ccc(CNCC2CNc3ncccc32)cc1OC. The second-order valence-electron chi connectivity index (χ2n) is 5.34. The summed E-state index contributed by atoms with van der Waals surface area (Å²) in [5, 5.41) is 6.85. The van der Waals surface area contributed by atoms with Gasteiger partial charge in [-0.15, -0.1) is 0 Å². The van der Waals surface area contributed by atoms with E-state index in [-0.39, 0.29) is 0 Å². The van der Waals surface area contributed by atoms with Crippen molar-refractivity contribution in [2.24, 2.45) is 0 Å². The van der Waals surface area contributed by atoms with Crippen molar-refractivity contribution in [3.8, 4) is 11.5 Å². The molecule has 3 rings (SSSR count). The number of nitrogens with zero attached hydrogens (tertiary/aromatic N) is 1. The van der Waals surface area contributed by atoms with Gasteiger partial charge in [0.05, 0.1) is 14.2 Å². The van der Waals surface area contributed by atoms with Crippen molar-refractivity contribution in [3.05, 3.63) is 47.7 Å². The van der Waals surface area contributed by atoms with Crippen molar-refractivity contribution in [3.63, 3.8) is 0 Å². The van der Waals surface area contributed by atoms with Crippen LogP contribution in [0.1, 0.15) is 17.0 Å². The predicted octanol–water partition coefficient (Wildman–Crippen LogP) is 2.40. The fourth-order valence-electron chi connectivity index (χ4n) is 2.79. The average molecular weight is 299 g/mol. The zero-order valence-electron chi connectivity index (χ0n) is 12.9. The Balaban J connectivity index is 1.58. The first-order valence-corrected chi connectivity index (χ1v) is 7.42. The minimum absolute atomic E-state index is 0.462. The van der Waals surface area contributed by atoms with Gasteiger partial charge in [-0.3, -0.25) is 0 Å². The summed E-state index contributed by atoms with van der Waals surface area (Å²) in [6.07, 6.45) is 1.82. The summed E-state index contributed by atoms with van der Waals surface area (Å²) in [6.45, 7) is 2.65. The summed E-state index contributed by atoms with van der Waals surface area (Å²) in [4.78, 5) is 4.35. The number of anilines is 1. The second-order valence-corrected chi connectivity index (χ2v) is 5.34. The molecule has 0 fully saturated rings. The van der Waals surface area contributed by atoms with E-state index < -0.39 is 0 Å². The molecule has 0 spiro atoms. The van der Waals surface area contributed by atoms with E-state index in [1.807, 2.05) is 24.4 Å². The summed E-state index contributed by atoms with van der Waals surface area (Å²) in [5.74, 6) is 2.99. The van der Waals surface area contributed by atoms with Gasteiger partial charge < -0.3 is 20.1 Å². The Morgan fingerprint density at radius 2 is 2.09 bits per heavy atom.